The molecule has 1 heterocycles. The number of nitrogens with zero attached hydrogens (tertiary/aromatic N) is 2. The maximum absolute atomic E-state index is 6.07. The molecule has 1 fully saturated rings. The molecule has 6 heteroatoms. The predicted octanol–water partition coefficient (Wildman–Crippen LogP) is 2.40. The second-order valence-electron chi connectivity index (χ2n) is 6.32. The second-order valence-corrected chi connectivity index (χ2v) is 6.32. The molecular weight excluding hydrogens is 290 g/mol. The predicted molar refractivity (Wildman–Crippen MR) is 93.5 cm³/mol. The standard InChI is InChI=1S/C17H25N5O/c1-23-13-6-7-15-14(8-13)16(19)22-17(21-15)20-10-12-4-2-11(9-18)3-5-12/h6-8,11-12H,2-5,9-10,18H2,1H3,(H3,19,20,21,22). The van der Waals surface area contributed by atoms with Gasteiger partial charge in [-0.15, -0.1) is 0 Å². The summed E-state index contributed by atoms with van der Waals surface area (Å²) in [6.45, 7) is 1.70. The first-order valence-electron chi connectivity index (χ1n) is 8.24. The Morgan fingerprint density at radius 3 is 2.61 bits per heavy atom. The minimum atomic E-state index is 0.475. The van der Waals surface area contributed by atoms with Gasteiger partial charge in [0.15, 0.2) is 0 Å². The van der Waals surface area contributed by atoms with Crippen LogP contribution >= 0.6 is 0 Å². The Kier molecular flexibility index (Phi) is 4.81. The Labute approximate surface area is 136 Å². The van der Waals surface area contributed by atoms with Crippen molar-refractivity contribution in [2.24, 2.45) is 17.6 Å². The summed E-state index contributed by atoms with van der Waals surface area (Å²) >= 11 is 0. The Morgan fingerprint density at radius 1 is 1.17 bits per heavy atom. The minimum Gasteiger partial charge on any atom is -0.497 e. The van der Waals surface area contributed by atoms with Gasteiger partial charge < -0.3 is 21.5 Å². The van der Waals surface area contributed by atoms with E-state index in [4.69, 9.17) is 16.2 Å². The van der Waals surface area contributed by atoms with Crippen LogP contribution in [0.25, 0.3) is 10.9 Å². The highest BCUT2D eigenvalue weighted by molar-refractivity contribution is 5.90. The molecule has 0 saturated heterocycles. The third-order valence-electron chi connectivity index (χ3n) is 4.78. The van der Waals surface area contributed by atoms with Crippen LogP contribution in [-0.2, 0) is 0 Å². The zero-order valence-corrected chi connectivity index (χ0v) is 13.6. The van der Waals surface area contributed by atoms with Gasteiger partial charge in [-0.25, -0.2) is 4.98 Å². The molecule has 5 N–H and O–H groups in total. The Balaban J connectivity index is 1.67. The van der Waals surface area contributed by atoms with Gasteiger partial charge in [-0.05, 0) is 62.3 Å². The highest BCUT2D eigenvalue weighted by Gasteiger charge is 2.20. The van der Waals surface area contributed by atoms with E-state index in [0.717, 1.165) is 29.7 Å². The second kappa shape index (κ2) is 7.00. The number of nitrogens with one attached hydrogen (secondary N) is 1. The van der Waals surface area contributed by atoms with Crippen molar-refractivity contribution in [3.05, 3.63) is 18.2 Å². The molecule has 23 heavy (non-hydrogen) atoms. The molecule has 0 spiro atoms. The van der Waals surface area contributed by atoms with Crippen molar-refractivity contribution >= 4 is 22.7 Å². The number of nitrogens with two attached hydrogens (primary N) is 2. The number of nitrogen functional groups attached to an aromatic ring is 1. The summed E-state index contributed by atoms with van der Waals surface area (Å²) in [7, 11) is 1.63. The highest BCUT2D eigenvalue weighted by Crippen LogP contribution is 2.29. The molecule has 2 aromatic rings. The number of ether oxygens (including phenoxy) is 1. The van der Waals surface area contributed by atoms with Crippen LogP contribution in [0.1, 0.15) is 25.7 Å². The van der Waals surface area contributed by atoms with E-state index in [2.05, 4.69) is 15.3 Å². The van der Waals surface area contributed by atoms with Crippen LogP contribution in [0.2, 0.25) is 0 Å². The van der Waals surface area contributed by atoms with Crippen LogP contribution in [0.15, 0.2) is 18.2 Å². The summed E-state index contributed by atoms with van der Waals surface area (Å²) in [5, 5.41) is 4.16. The van der Waals surface area contributed by atoms with Crippen LogP contribution in [0.5, 0.6) is 5.75 Å². The molecule has 1 aromatic carbocycles. The summed E-state index contributed by atoms with van der Waals surface area (Å²) < 4.78 is 5.22. The van der Waals surface area contributed by atoms with Crippen LogP contribution < -0.4 is 21.5 Å². The quantitative estimate of drug-likeness (QED) is 0.783. The lowest BCUT2D eigenvalue weighted by atomic mass is 9.82. The summed E-state index contributed by atoms with van der Waals surface area (Å²) in [5.74, 6) is 3.19. The summed E-state index contributed by atoms with van der Waals surface area (Å²) in [6.07, 6.45) is 4.89. The smallest absolute Gasteiger partial charge is 0.225 e. The topological polar surface area (TPSA) is 99.1 Å². The van der Waals surface area contributed by atoms with E-state index in [1.807, 2.05) is 18.2 Å². The first-order chi connectivity index (χ1) is 11.2. The lowest BCUT2D eigenvalue weighted by molar-refractivity contribution is 0.289. The number of benzene rings is 1. The summed E-state index contributed by atoms with van der Waals surface area (Å²) in [4.78, 5) is 8.92. The van der Waals surface area contributed by atoms with Gasteiger partial charge >= 0.3 is 0 Å². The van der Waals surface area contributed by atoms with Crippen molar-refractivity contribution in [3.63, 3.8) is 0 Å². The molecule has 0 amide bonds. The molecule has 1 saturated carbocycles. The van der Waals surface area contributed by atoms with E-state index in [1.165, 1.54) is 25.7 Å². The van der Waals surface area contributed by atoms with Crippen LogP contribution in [0, 0.1) is 11.8 Å². The number of aromatic nitrogens is 2. The van der Waals surface area contributed by atoms with Gasteiger partial charge in [0.1, 0.15) is 11.6 Å². The fourth-order valence-corrected chi connectivity index (χ4v) is 3.24. The van der Waals surface area contributed by atoms with E-state index in [-0.39, 0.29) is 0 Å². The fraction of sp³-hybridized carbons (Fsp3) is 0.529. The average molecular weight is 315 g/mol. The molecule has 0 bridgehead atoms. The van der Waals surface area contributed by atoms with Gasteiger partial charge in [0, 0.05) is 11.9 Å². The largest absolute Gasteiger partial charge is 0.497 e. The van der Waals surface area contributed by atoms with Crippen molar-refractivity contribution in [1.82, 2.24) is 9.97 Å². The molecular formula is C17H25N5O. The summed E-state index contributed by atoms with van der Waals surface area (Å²) in [6, 6.07) is 5.65. The van der Waals surface area contributed by atoms with E-state index < -0.39 is 0 Å². The first-order valence-corrected chi connectivity index (χ1v) is 8.24. The Hall–Kier alpha value is -2.08. The fourth-order valence-electron chi connectivity index (χ4n) is 3.24. The van der Waals surface area contributed by atoms with Gasteiger partial charge in [0.25, 0.3) is 0 Å². The SMILES string of the molecule is COc1ccc2nc(NCC3CCC(CN)CC3)nc(N)c2c1. The molecule has 1 aliphatic rings. The van der Waals surface area contributed by atoms with E-state index >= 15 is 0 Å². The number of hydrogen-bond acceptors (Lipinski definition) is 6. The average Bonchev–Trinajstić information content (AvgIpc) is 2.60. The zero-order valence-electron chi connectivity index (χ0n) is 13.6. The lowest BCUT2D eigenvalue weighted by Gasteiger charge is -2.27. The van der Waals surface area contributed by atoms with Gasteiger partial charge in [-0.2, -0.15) is 4.98 Å². The monoisotopic (exact) mass is 315 g/mol. The number of anilines is 2. The number of rotatable bonds is 5. The van der Waals surface area contributed by atoms with E-state index in [0.29, 0.717) is 23.6 Å². The zero-order chi connectivity index (χ0) is 16.2. The van der Waals surface area contributed by atoms with Gasteiger partial charge in [0.2, 0.25) is 5.95 Å². The number of methoxy groups -OCH3 is 1. The normalized spacial score (nSPS) is 21.3. The van der Waals surface area contributed by atoms with Crippen molar-refractivity contribution < 1.29 is 4.74 Å². The van der Waals surface area contributed by atoms with Crippen molar-refractivity contribution in [2.45, 2.75) is 25.7 Å². The van der Waals surface area contributed by atoms with Crippen molar-refractivity contribution in [2.75, 3.05) is 31.2 Å². The van der Waals surface area contributed by atoms with E-state index in [1.54, 1.807) is 7.11 Å². The third-order valence-corrected chi connectivity index (χ3v) is 4.78. The highest BCUT2D eigenvalue weighted by atomic mass is 16.5. The Bertz CT molecular complexity index is 667. The molecule has 1 aromatic heterocycles. The molecule has 1 aliphatic carbocycles. The third kappa shape index (κ3) is 3.64. The van der Waals surface area contributed by atoms with Crippen LogP contribution in [0.3, 0.4) is 0 Å². The lowest BCUT2D eigenvalue weighted by Crippen LogP contribution is -2.25. The maximum Gasteiger partial charge on any atom is 0.225 e. The molecule has 124 valence electrons. The first kappa shape index (κ1) is 15.8. The molecule has 0 aliphatic heterocycles. The number of hydrogen-bond donors (Lipinski definition) is 3. The molecule has 0 atom stereocenters. The van der Waals surface area contributed by atoms with Gasteiger partial charge in [-0.1, -0.05) is 0 Å². The molecule has 3 rings (SSSR count). The molecule has 0 radical (unpaired) electrons. The van der Waals surface area contributed by atoms with Crippen LogP contribution in [-0.4, -0.2) is 30.2 Å². The van der Waals surface area contributed by atoms with Crippen molar-refractivity contribution in [3.8, 4) is 5.75 Å². The van der Waals surface area contributed by atoms with Crippen LogP contribution in [0.4, 0.5) is 11.8 Å². The molecule has 0 unspecified atom stereocenters. The molecule has 6 nitrogen and oxygen atoms in total. The van der Waals surface area contributed by atoms with Gasteiger partial charge in [-0.3, -0.25) is 0 Å². The van der Waals surface area contributed by atoms with Crippen molar-refractivity contribution in [1.29, 1.82) is 0 Å². The Morgan fingerprint density at radius 2 is 1.91 bits per heavy atom. The number of fused-ring (bicyclic) bond motifs is 1. The maximum atomic E-state index is 6.07. The minimum absolute atomic E-state index is 0.475. The van der Waals surface area contributed by atoms with Gasteiger partial charge in [0.05, 0.1) is 12.6 Å². The van der Waals surface area contributed by atoms with E-state index in [9.17, 15) is 0 Å². The summed E-state index contributed by atoms with van der Waals surface area (Å²) in [5.41, 5.74) is 12.6.